The first-order valence-corrected chi connectivity index (χ1v) is 6.41. The zero-order valence-electron chi connectivity index (χ0n) is 11.5. The molecule has 1 aliphatic rings. The quantitative estimate of drug-likeness (QED) is 0.610. The summed E-state index contributed by atoms with van der Waals surface area (Å²) in [4.78, 5) is 34.6. The van der Waals surface area contributed by atoms with Gasteiger partial charge in [0, 0.05) is 25.2 Å². The van der Waals surface area contributed by atoms with Crippen LogP contribution in [0.2, 0.25) is 0 Å². The van der Waals surface area contributed by atoms with Gasteiger partial charge in [0.05, 0.1) is 18.1 Å². The maximum atomic E-state index is 11.7. The molecule has 1 saturated heterocycles. The average molecular weight is 310 g/mol. The number of benzene rings is 1. The van der Waals surface area contributed by atoms with Gasteiger partial charge < -0.3 is 14.4 Å². The highest BCUT2D eigenvalue weighted by Gasteiger charge is 2.17. The lowest BCUT2D eigenvalue weighted by atomic mass is 10.3. The number of urea groups is 1. The third-order valence-electron chi connectivity index (χ3n) is 2.83. The van der Waals surface area contributed by atoms with E-state index >= 15 is 0 Å². The van der Waals surface area contributed by atoms with Crippen LogP contribution in [0.4, 0.5) is 15.3 Å². The topological polar surface area (TPSA) is 123 Å². The predicted octanol–water partition coefficient (Wildman–Crippen LogP) is 0.640. The van der Waals surface area contributed by atoms with Crippen LogP contribution in [-0.4, -0.2) is 48.3 Å². The molecule has 0 aromatic heterocycles. The van der Waals surface area contributed by atoms with E-state index in [9.17, 15) is 19.7 Å². The molecule has 1 aliphatic heterocycles. The number of nitro groups is 1. The van der Waals surface area contributed by atoms with Crippen molar-refractivity contribution in [2.45, 2.75) is 0 Å². The van der Waals surface area contributed by atoms with Crippen LogP contribution in [0.3, 0.4) is 0 Å². The van der Waals surface area contributed by atoms with E-state index < -0.39 is 17.0 Å². The molecule has 0 saturated carbocycles. The van der Waals surface area contributed by atoms with Crippen molar-refractivity contribution < 1.29 is 24.0 Å². The third kappa shape index (κ3) is 4.31. The monoisotopic (exact) mass is 310 g/mol. The van der Waals surface area contributed by atoms with Crippen LogP contribution in [-0.2, 0) is 4.74 Å². The van der Waals surface area contributed by atoms with Crippen molar-refractivity contribution in [2.24, 2.45) is 0 Å². The number of rotatable bonds is 2. The molecule has 1 aromatic rings. The van der Waals surface area contributed by atoms with Gasteiger partial charge in [-0.15, -0.1) is 0 Å². The Morgan fingerprint density at radius 2 is 1.82 bits per heavy atom. The van der Waals surface area contributed by atoms with E-state index in [2.05, 4.69) is 10.9 Å². The fourth-order valence-electron chi connectivity index (χ4n) is 1.72. The number of nitrogens with one attached hydrogen (secondary N) is 2. The zero-order valence-corrected chi connectivity index (χ0v) is 11.5. The van der Waals surface area contributed by atoms with Crippen molar-refractivity contribution in [3.05, 3.63) is 34.4 Å². The van der Waals surface area contributed by atoms with E-state index in [4.69, 9.17) is 9.47 Å². The summed E-state index contributed by atoms with van der Waals surface area (Å²) < 4.78 is 9.96. The van der Waals surface area contributed by atoms with Crippen molar-refractivity contribution >= 4 is 17.8 Å². The van der Waals surface area contributed by atoms with Gasteiger partial charge in [-0.2, -0.15) is 0 Å². The number of hydrogen-bond acceptors (Lipinski definition) is 6. The molecular formula is C12H14N4O6. The van der Waals surface area contributed by atoms with Gasteiger partial charge in [-0.3, -0.25) is 10.1 Å². The number of morpholine rings is 1. The summed E-state index contributed by atoms with van der Waals surface area (Å²) in [5.74, 6) is 0.115. The Balaban J connectivity index is 1.77. The summed E-state index contributed by atoms with van der Waals surface area (Å²) in [6.07, 6.45) is -0.907. The average Bonchev–Trinajstić information content (AvgIpc) is 2.54. The predicted molar refractivity (Wildman–Crippen MR) is 73.2 cm³/mol. The Hall–Kier alpha value is -2.88. The minimum Gasteiger partial charge on any atom is -0.409 e. The van der Waals surface area contributed by atoms with Crippen LogP contribution in [0.1, 0.15) is 0 Å². The standard InChI is InChI=1S/C12H14N4O6/c17-11(15-5-7-21-8-6-15)13-14-12(18)22-10-3-1-9(2-4-10)16(19)20/h1-4H,5-8H2,(H,13,17)(H,14,18). The van der Waals surface area contributed by atoms with E-state index in [0.717, 1.165) is 0 Å². The van der Waals surface area contributed by atoms with Crippen molar-refractivity contribution in [1.29, 1.82) is 0 Å². The number of hydrazine groups is 1. The number of nitrogens with zero attached hydrogens (tertiary/aromatic N) is 2. The molecule has 2 rings (SSSR count). The number of hydrogen-bond donors (Lipinski definition) is 2. The number of non-ortho nitro benzene ring substituents is 1. The van der Waals surface area contributed by atoms with Crippen LogP contribution >= 0.6 is 0 Å². The van der Waals surface area contributed by atoms with Gasteiger partial charge >= 0.3 is 12.1 Å². The SMILES string of the molecule is O=C(NNC(=O)N1CCOCC1)Oc1ccc([N+](=O)[O-])cc1. The highest BCUT2D eigenvalue weighted by atomic mass is 16.6. The molecule has 1 aromatic carbocycles. The zero-order chi connectivity index (χ0) is 15.9. The lowest BCUT2D eigenvalue weighted by Crippen LogP contribution is -2.52. The second kappa shape index (κ2) is 7.22. The highest BCUT2D eigenvalue weighted by Crippen LogP contribution is 2.17. The van der Waals surface area contributed by atoms with E-state index in [0.29, 0.717) is 26.3 Å². The van der Waals surface area contributed by atoms with E-state index in [1.807, 2.05) is 0 Å². The lowest BCUT2D eigenvalue weighted by molar-refractivity contribution is -0.384. The fourth-order valence-corrected chi connectivity index (χ4v) is 1.72. The molecule has 1 fully saturated rings. The normalized spacial score (nSPS) is 14.1. The smallest absolute Gasteiger partial charge is 0.409 e. The minimum absolute atomic E-state index is 0.115. The maximum Gasteiger partial charge on any atom is 0.431 e. The molecule has 10 nitrogen and oxygen atoms in total. The van der Waals surface area contributed by atoms with E-state index in [-0.39, 0.29) is 11.4 Å². The maximum absolute atomic E-state index is 11.7. The van der Waals surface area contributed by atoms with Gasteiger partial charge in [0.25, 0.3) is 5.69 Å². The molecular weight excluding hydrogens is 296 g/mol. The van der Waals surface area contributed by atoms with Crippen LogP contribution in [0.15, 0.2) is 24.3 Å². The number of ether oxygens (including phenoxy) is 2. The minimum atomic E-state index is -0.907. The summed E-state index contributed by atoms with van der Waals surface area (Å²) in [7, 11) is 0. The largest absolute Gasteiger partial charge is 0.431 e. The van der Waals surface area contributed by atoms with Gasteiger partial charge in [0.2, 0.25) is 0 Å². The summed E-state index contributed by atoms with van der Waals surface area (Å²) in [5.41, 5.74) is 4.17. The molecule has 0 radical (unpaired) electrons. The summed E-state index contributed by atoms with van der Waals surface area (Å²) in [5, 5.41) is 10.5. The molecule has 3 amide bonds. The molecule has 0 bridgehead atoms. The van der Waals surface area contributed by atoms with Gasteiger partial charge in [-0.25, -0.2) is 20.4 Å². The Morgan fingerprint density at radius 1 is 1.18 bits per heavy atom. The molecule has 2 N–H and O–H groups in total. The van der Waals surface area contributed by atoms with Crippen LogP contribution < -0.4 is 15.6 Å². The van der Waals surface area contributed by atoms with Crippen LogP contribution in [0, 0.1) is 10.1 Å². The summed E-state index contributed by atoms with van der Waals surface area (Å²) in [6, 6.07) is 4.50. The van der Waals surface area contributed by atoms with Crippen molar-refractivity contribution in [1.82, 2.24) is 15.8 Å². The molecule has 0 atom stereocenters. The summed E-state index contributed by atoms with van der Waals surface area (Å²) in [6.45, 7) is 1.76. The van der Waals surface area contributed by atoms with Gasteiger partial charge in [-0.05, 0) is 12.1 Å². The Bertz CT molecular complexity index is 555. The van der Waals surface area contributed by atoms with Gasteiger partial charge in [0.15, 0.2) is 0 Å². The van der Waals surface area contributed by atoms with Crippen molar-refractivity contribution in [2.75, 3.05) is 26.3 Å². The Morgan fingerprint density at radius 3 is 2.41 bits per heavy atom. The Labute approximate surface area is 125 Å². The molecule has 0 spiro atoms. The first-order valence-electron chi connectivity index (χ1n) is 6.41. The number of nitro benzene ring substituents is 1. The lowest BCUT2D eigenvalue weighted by Gasteiger charge is -2.26. The fraction of sp³-hybridized carbons (Fsp3) is 0.333. The van der Waals surface area contributed by atoms with E-state index in [1.54, 1.807) is 0 Å². The second-order valence-corrected chi connectivity index (χ2v) is 4.30. The second-order valence-electron chi connectivity index (χ2n) is 4.30. The first-order chi connectivity index (χ1) is 10.6. The van der Waals surface area contributed by atoms with Gasteiger partial charge in [0.1, 0.15) is 5.75 Å². The molecule has 118 valence electrons. The number of carbonyl (C=O) groups is 2. The molecule has 22 heavy (non-hydrogen) atoms. The third-order valence-corrected chi connectivity index (χ3v) is 2.83. The van der Waals surface area contributed by atoms with Gasteiger partial charge in [-0.1, -0.05) is 0 Å². The molecule has 10 heteroatoms. The molecule has 1 heterocycles. The van der Waals surface area contributed by atoms with Crippen molar-refractivity contribution in [3.8, 4) is 5.75 Å². The Kier molecular flexibility index (Phi) is 5.09. The van der Waals surface area contributed by atoms with Crippen molar-refractivity contribution in [3.63, 3.8) is 0 Å². The van der Waals surface area contributed by atoms with Crippen LogP contribution in [0.25, 0.3) is 0 Å². The molecule has 0 unspecified atom stereocenters. The summed E-state index contributed by atoms with van der Waals surface area (Å²) >= 11 is 0. The highest BCUT2D eigenvalue weighted by molar-refractivity contribution is 5.78. The number of amides is 3. The number of carbonyl (C=O) groups excluding carboxylic acids is 2. The van der Waals surface area contributed by atoms with Crippen LogP contribution in [0.5, 0.6) is 5.75 Å². The molecule has 0 aliphatic carbocycles. The van der Waals surface area contributed by atoms with E-state index in [1.165, 1.54) is 29.2 Å². The first kappa shape index (κ1) is 15.5.